The molecule has 1 aromatic rings. The number of Topliss-reactive ketones (excluding diaryl/α,β-unsaturated/α-hetero) is 1. The van der Waals surface area contributed by atoms with E-state index in [0.29, 0.717) is 11.7 Å². The topological polar surface area (TPSA) is 29.4 Å². The predicted octanol–water partition coefficient (Wildman–Crippen LogP) is 3.86. The summed E-state index contributed by atoms with van der Waals surface area (Å²) >= 11 is 1.90. The van der Waals surface area contributed by atoms with Gasteiger partial charge in [0.15, 0.2) is 5.78 Å². The largest absolute Gasteiger partial charge is 0.294 e. The summed E-state index contributed by atoms with van der Waals surface area (Å²) in [4.78, 5) is 16.3. The quantitative estimate of drug-likeness (QED) is 0.424. The number of carbonyl (C=O) groups excluding carboxylic acids is 1. The summed E-state index contributed by atoms with van der Waals surface area (Å²) in [7, 11) is 0. The first kappa shape index (κ1) is 15.0. The lowest BCUT2D eigenvalue weighted by atomic mass is 10.1. The fourth-order valence-electron chi connectivity index (χ4n) is 1.54. The van der Waals surface area contributed by atoms with Crippen LogP contribution in [0.2, 0.25) is 0 Å². The number of benzene rings is 1. The van der Waals surface area contributed by atoms with Crippen molar-refractivity contribution in [2.24, 2.45) is 4.99 Å². The number of hydrogen-bond donors (Lipinski definition) is 0. The van der Waals surface area contributed by atoms with Gasteiger partial charge < -0.3 is 0 Å². The van der Waals surface area contributed by atoms with Crippen molar-refractivity contribution in [1.29, 1.82) is 0 Å². The highest BCUT2D eigenvalue weighted by atomic mass is 32.2. The second-order valence-corrected chi connectivity index (χ2v) is 6.19. The molecule has 0 aliphatic heterocycles. The molecule has 2 nitrogen and oxygen atoms in total. The van der Waals surface area contributed by atoms with Gasteiger partial charge in [0.1, 0.15) is 0 Å². The zero-order chi connectivity index (χ0) is 13.4. The lowest BCUT2D eigenvalue weighted by molar-refractivity contribution is 0.100. The lowest BCUT2D eigenvalue weighted by Crippen LogP contribution is -2.06. The molecule has 0 aliphatic carbocycles. The lowest BCUT2D eigenvalue weighted by Gasteiger charge is -2.03. The summed E-state index contributed by atoms with van der Waals surface area (Å²) < 4.78 is 0. The molecular formula is C15H21NOS. The van der Waals surface area contributed by atoms with Crippen LogP contribution < -0.4 is 0 Å². The van der Waals surface area contributed by atoms with Gasteiger partial charge in [-0.05, 0) is 12.2 Å². The van der Waals surface area contributed by atoms with Crippen molar-refractivity contribution in [2.45, 2.75) is 32.4 Å². The molecule has 1 rings (SSSR count). The van der Waals surface area contributed by atoms with Crippen molar-refractivity contribution < 1.29 is 4.79 Å². The van der Waals surface area contributed by atoms with Gasteiger partial charge in [-0.1, -0.05) is 44.2 Å². The minimum absolute atomic E-state index is 0.147. The number of thioether (sulfide) groups is 1. The van der Waals surface area contributed by atoms with Crippen LogP contribution in [0.5, 0.6) is 0 Å². The van der Waals surface area contributed by atoms with Gasteiger partial charge in [0.25, 0.3) is 0 Å². The summed E-state index contributed by atoms with van der Waals surface area (Å²) in [6.07, 6.45) is 0.427. The van der Waals surface area contributed by atoms with Crippen LogP contribution in [0.3, 0.4) is 0 Å². The van der Waals surface area contributed by atoms with Crippen LogP contribution in [0.25, 0.3) is 0 Å². The number of rotatable bonds is 7. The molecule has 0 N–H and O–H groups in total. The van der Waals surface area contributed by atoms with Crippen molar-refractivity contribution >= 4 is 23.3 Å². The van der Waals surface area contributed by atoms with Gasteiger partial charge in [0.05, 0.1) is 0 Å². The molecule has 0 fully saturated rings. The molecule has 0 bridgehead atoms. The van der Waals surface area contributed by atoms with Crippen molar-refractivity contribution in [3.8, 4) is 0 Å². The van der Waals surface area contributed by atoms with Gasteiger partial charge in [-0.2, -0.15) is 11.8 Å². The Morgan fingerprint density at radius 2 is 1.94 bits per heavy atom. The molecule has 0 atom stereocenters. The van der Waals surface area contributed by atoms with E-state index in [1.807, 2.05) is 49.0 Å². The molecular weight excluding hydrogens is 242 g/mol. The Morgan fingerprint density at radius 3 is 2.56 bits per heavy atom. The van der Waals surface area contributed by atoms with Crippen LogP contribution in [0.4, 0.5) is 0 Å². The van der Waals surface area contributed by atoms with Crippen LogP contribution in [-0.2, 0) is 0 Å². The molecule has 98 valence electrons. The van der Waals surface area contributed by atoms with Crippen molar-refractivity contribution in [1.82, 2.24) is 0 Å². The van der Waals surface area contributed by atoms with Crippen LogP contribution in [0.15, 0.2) is 35.3 Å². The Bertz CT molecular complexity index is 398. The van der Waals surface area contributed by atoms with E-state index >= 15 is 0 Å². The second-order valence-electron chi connectivity index (χ2n) is 4.50. The number of hydrogen-bond acceptors (Lipinski definition) is 3. The molecule has 0 saturated heterocycles. The Kier molecular flexibility index (Phi) is 6.73. The van der Waals surface area contributed by atoms with Gasteiger partial charge in [-0.3, -0.25) is 9.79 Å². The maximum atomic E-state index is 11.9. The predicted molar refractivity (Wildman–Crippen MR) is 81.0 cm³/mol. The number of nitrogens with zero attached hydrogens (tertiary/aromatic N) is 1. The first-order valence-electron chi connectivity index (χ1n) is 6.29. The Hall–Kier alpha value is -1.09. The number of aliphatic imine (C=N–C) groups is 1. The minimum Gasteiger partial charge on any atom is -0.294 e. The number of carbonyl (C=O) groups is 1. The van der Waals surface area contributed by atoms with Crippen LogP contribution in [-0.4, -0.2) is 29.0 Å². The smallest absolute Gasteiger partial charge is 0.168 e. The molecule has 0 aliphatic rings. The van der Waals surface area contributed by atoms with E-state index in [1.54, 1.807) is 0 Å². The van der Waals surface area contributed by atoms with Crippen LogP contribution >= 0.6 is 11.8 Å². The molecule has 0 heterocycles. The van der Waals surface area contributed by atoms with Gasteiger partial charge in [0, 0.05) is 30.0 Å². The minimum atomic E-state index is 0.147. The van der Waals surface area contributed by atoms with Crippen LogP contribution in [0, 0.1) is 0 Å². The zero-order valence-corrected chi connectivity index (χ0v) is 12.2. The van der Waals surface area contributed by atoms with E-state index in [0.717, 1.165) is 23.6 Å². The molecule has 0 unspecified atom stereocenters. The fourth-order valence-corrected chi connectivity index (χ4v) is 2.21. The van der Waals surface area contributed by atoms with E-state index < -0.39 is 0 Å². The third-order valence-corrected chi connectivity index (χ3v) is 3.52. The van der Waals surface area contributed by atoms with E-state index in [1.165, 1.54) is 0 Å². The Labute approximate surface area is 114 Å². The molecule has 0 spiro atoms. The normalized spacial score (nSPS) is 11.9. The van der Waals surface area contributed by atoms with Gasteiger partial charge >= 0.3 is 0 Å². The summed E-state index contributed by atoms with van der Waals surface area (Å²) in [5, 5.41) is 0.645. The standard InChI is InChI=1S/C15H21NOS/c1-12(2)18-10-9-16-13(3)11-15(17)14-7-5-4-6-8-14/h4-8,12H,9-11H2,1-3H3. The molecule has 0 saturated carbocycles. The SMILES string of the molecule is CC(CC(=O)c1ccccc1)=NCCSC(C)C. The van der Waals surface area contributed by atoms with E-state index in [-0.39, 0.29) is 5.78 Å². The van der Waals surface area contributed by atoms with E-state index in [4.69, 9.17) is 0 Å². The molecule has 0 aromatic heterocycles. The summed E-state index contributed by atoms with van der Waals surface area (Å²) in [5.41, 5.74) is 1.69. The number of ketones is 1. The third kappa shape index (κ3) is 6.01. The maximum Gasteiger partial charge on any atom is 0.168 e. The molecule has 3 heteroatoms. The van der Waals surface area contributed by atoms with Crippen LogP contribution in [0.1, 0.15) is 37.6 Å². The Morgan fingerprint density at radius 1 is 1.28 bits per heavy atom. The fraction of sp³-hybridized carbons (Fsp3) is 0.467. The Balaban J connectivity index is 2.38. The molecule has 0 radical (unpaired) electrons. The van der Waals surface area contributed by atoms with Gasteiger partial charge in [-0.25, -0.2) is 0 Å². The third-order valence-electron chi connectivity index (χ3n) is 2.44. The highest BCUT2D eigenvalue weighted by Gasteiger charge is 2.06. The summed E-state index contributed by atoms with van der Waals surface area (Å²) in [6, 6.07) is 9.40. The van der Waals surface area contributed by atoms with Gasteiger partial charge in [0.2, 0.25) is 0 Å². The zero-order valence-electron chi connectivity index (χ0n) is 11.3. The molecule has 0 amide bonds. The van der Waals surface area contributed by atoms with Crippen molar-refractivity contribution in [3.05, 3.63) is 35.9 Å². The highest BCUT2D eigenvalue weighted by Crippen LogP contribution is 2.08. The molecule has 1 aromatic carbocycles. The monoisotopic (exact) mass is 263 g/mol. The van der Waals surface area contributed by atoms with Crippen molar-refractivity contribution in [2.75, 3.05) is 12.3 Å². The average Bonchev–Trinajstić information content (AvgIpc) is 2.35. The first-order valence-corrected chi connectivity index (χ1v) is 7.34. The first-order chi connectivity index (χ1) is 8.59. The summed E-state index contributed by atoms with van der Waals surface area (Å²) in [5.74, 6) is 1.17. The van der Waals surface area contributed by atoms with E-state index in [9.17, 15) is 4.79 Å². The second kappa shape index (κ2) is 8.09. The van der Waals surface area contributed by atoms with E-state index in [2.05, 4.69) is 18.8 Å². The van der Waals surface area contributed by atoms with Crippen molar-refractivity contribution in [3.63, 3.8) is 0 Å². The highest BCUT2D eigenvalue weighted by molar-refractivity contribution is 7.99. The maximum absolute atomic E-state index is 11.9. The average molecular weight is 263 g/mol. The van der Waals surface area contributed by atoms with Gasteiger partial charge in [-0.15, -0.1) is 0 Å². The summed E-state index contributed by atoms with van der Waals surface area (Å²) in [6.45, 7) is 7.10. The molecule has 18 heavy (non-hydrogen) atoms.